The van der Waals surface area contributed by atoms with Crippen molar-refractivity contribution in [3.63, 3.8) is 0 Å². The molecule has 2 heterocycles. The summed E-state index contributed by atoms with van der Waals surface area (Å²) in [7, 11) is 0. The van der Waals surface area contributed by atoms with Crippen LogP contribution >= 0.6 is 22.9 Å². The van der Waals surface area contributed by atoms with Gasteiger partial charge in [-0.3, -0.25) is 4.79 Å². The third-order valence-electron chi connectivity index (χ3n) is 3.01. The van der Waals surface area contributed by atoms with Crippen molar-refractivity contribution < 1.29 is 0 Å². The van der Waals surface area contributed by atoms with Gasteiger partial charge in [0, 0.05) is 18.1 Å². The predicted molar refractivity (Wildman–Crippen MR) is 87.1 cm³/mol. The predicted octanol–water partition coefficient (Wildman–Crippen LogP) is 3.57. The highest BCUT2D eigenvalue weighted by Crippen LogP contribution is 2.26. The molecule has 0 aromatic carbocycles. The van der Waals surface area contributed by atoms with Crippen molar-refractivity contribution in [2.24, 2.45) is 5.92 Å². The Morgan fingerprint density at radius 1 is 1.48 bits per heavy atom. The van der Waals surface area contributed by atoms with Crippen LogP contribution in [0, 0.1) is 5.92 Å². The summed E-state index contributed by atoms with van der Waals surface area (Å²) in [4.78, 5) is 16.5. The molecule has 0 aliphatic rings. The third-order valence-corrected chi connectivity index (χ3v) is 4.26. The second-order valence-corrected chi connectivity index (χ2v) is 6.53. The molecule has 0 aliphatic carbocycles. The summed E-state index contributed by atoms with van der Waals surface area (Å²) >= 11 is 7.77. The van der Waals surface area contributed by atoms with Crippen LogP contribution in [-0.4, -0.2) is 14.8 Å². The Morgan fingerprint density at radius 2 is 2.24 bits per heavy atom. The first kappa shape index (κ1) is 16.0. The summed E-state index contributed by atoms with van der Waals surface area (Å²) in [6.45, 7) is 6.68. The molecule has 5 nitrogen and oxygen atoms in total. The molecule has 0 saturated heterocycles. The van der Waals surface area contributed by atoms with Crippen LogP contribution in [0.1, 0.15) is 38.2 Å². The van der Waals surface area contributed by atoms with Gasteiger partial charge in [0.1, 0.15) is 10.0 Å². The first-order valence-corrected chi connectivity index (χ1v) is 8.20. The standard InChI is InChI=1S/C14H19ClN4OS/c1-4-10(13-16-5-6-21-13)18-11-7-17-19(8-9(2)3)14(20)12(11)15/h5-7,9-10,18H,4,8H2,1-3H3. The van der Waals surface area contributed by atoms with Crippen molar-refractivity contribution in [2.75, 3.05) is 5.32 Å². The van der Waals surface area contributed by atoms with Crippen molar-refractivity contribution in [2.45, 2.75) is 39.8 Å². The van der Waals surface area contributed by atoms with Crippen LogP contribution in [-0.2, 0) is 6.54 Å². The van der Waals surface area contributed by atoms with Crippen molar-refractivity contribution in [3.05, 3.63) is 38.2 Å². The van der Waals surface area contributed by atoms with Crippen LogP contribution < -0.4 is 10.9 Å². The largest absolute Gasteiger partial charge is 0.373 e. The summed E-state index contributed by atoms with van der Waals surface area (Å²) in [5, 5.41) is 10.5. The topological polar surface area (TPSA) is 59.8 Å². The fourth-order valence-electron chi connectivity index (χ4n) is 1.97. The first-order chi connectivity index (χ1) is 10.0. The van der Waals surface area contributed by atoms with Gasteiger partial charge in [-0.05, 0) is 12.3 Å². The lowest BCUT2D eigenvalue weighted by Crippen LogP contribution is -2.26. The number of aromatic nitrogens is 3. The average Bonchev–Trinajstić information content (AvgIpc) is 2.97. The van der Waals surface area contributed by atoms with E-state index in [1.807, 2.05) is 19.2 Å². The zero-order valence-electron chi connectivity index (χ0n) is 12.3. The molecule has 0 fully saturated rings. The molecule has 114 valence electrons. The first-order valence-electron chi connectivity index (χ1n) is 6.94. The highest BCUT2D eigenvalue weighted by molar-refractivity contribution is 7.09. The van der Waals surface area contributed by atoms with Crippen LogP contribution in [0.15, 0.2) is 22.6 Å². The maximum absolute atomic E-state index is 12.2. The molecule has 1 atom stereocenters. The van der Waals surface area contributed by atoms with E-state index in [4.69, 9.17) is 11.6 Å². The highest BCUT2D eigenvalue weighted by Gasteiger charge is 2.16. The number of thiazole rings is 1. The monoisotopic (exact) mass is 326 g/mol. The number of hydrogen-bond donors (Lipinski definition) is 1. The van der Waals surface area contributed by atoms with Gasteiger partial charge in [-0.15, -0.1) is 11.3 Å². The number of anilines is 1. The van der Waals surface area contributed by atoms with E-state index in [2.05, 4.69) is 22.3 Å². The lowest BCUT2D eigenvalue weighted by Gasteiger charge is -2.17. The Bertz CT molecular complexity index is 639. The van der Waals surface area contributed by atoms with Gasteiger partial charge in [0.2, 0.25) is 0 Å². The van der Waals surface area contributed by atoms with Crippen molar-refractivity contribution in [3.8, 4) is 0 Å². The van der Waals surface area contributed by atoms with Crippen LogP contribution in [0.25, 0.3) is 0 Å². The zero-order chi connectivity index (χ0) is 15.4. The Labute approximate surface area is 133 Å². The second kappa shape index (κ2) is 7.04. The number of hydrogen-bond acceptors (Lipinski definition) is 5. The second-order valence-electron chi connectivity index (χ2n) is 5.23. The number of nitrogens with one attached hydrogen (secondary N) is 1. The van der Waals surface area contributed by atoms with Gasteiger partial charge in [0.15, 0.2) is 0 Å². The summed E-state index contributed by atoms with van der Waals surface area (Å²) in [6, 6.07) is 0.0321. The molecule has 0 spiro atoms. The smallest absolute Gasteiger partial charge is 0.287 e. The molecule has 1 unspecified atom stereocenters. The van der Waals surface area contributed by atoms with Gasteiger partial charge in [-0.25, -0.2) is 9.67 Å². The number of halogens is 1. The van der Waals surface area contributed by atoms with Crippen LogP contribution in [0.4, 0.5) is 5.69 Å². The number of nitrogens with zero attached hydrogens (tertiary/aromatic N) is 3. The van der Waals surface area contributed by atoms with Crippen molar-refractivity contribution in [1.82, 2.24) is 14.8 Å². The van der Waals surface area contributed by atoms with Gasteiger partial charge < -0.3 is 5.32 Å². The molecule has 1 N–H and O–H groups in total. The molecular formula is C14H19ClN4OS. The molecule has 0 aliphatic heterocycles. The van der Waals surface area contributed by atoms with Crippen molar-refractivity contribution >= 4 is 28.6 Å². The molecule has 0 amide bonds. The maximum Gasteiger partial charge on any atom is 0.287 e. The Kier molecular flexibility index (Phi) is 5.36. The molecule has 21 heavy (non-hydrogen) atoms. The fraction of sp³-hybridized carbons (Fsp3) is 0.500. The lowest BCUT2D eigenvalue weighted by molar-refractivity contribution is 0.464. The molecule has 0 bridgehead atoms. The van der Waals surface area contributed by atoms with E-state index in [9.17, 15) is 4.79 Å². The fourth-order valence-corrected chi connectivity index (χ4v) is 2.95. The van der Waals surface area contributed by atoms with E-state index in [0.29, 0.717) is 18.2 Å². The van der Waals surface area contributed by atoms with Crippen molar-refractivity contribution in [1.29, 1.82) is 0 Å². The number of rotatable bonds is 6. The average molecular weight is 327 g/mol. The molecule has 0 saturated carbocycles. The maximum atomic E-state index is 12.2. The van der Waals surface area contributed by atoms with E-state index in [1.165, 1.54) is 4.68 Å². The van der Waals surface area contributed by atoms with E-state index >= 15 is 0 Å². The summed E-state index contributed by atoms with van der Waals surface area (Å²) in [5.41, 5.74) is 0.299. The molecule has 2 aromatic rings. The minimum absolute atomic E-state index is 0.0321. The van der Waals surface area contributed by atoms with E-state index in [-0.39, 0.29) is 16.6 Å². The summed E-state index contributed by atoms with van der Waals surface area (Å²) in [5.74, 6) is 0.337. The van der Waals surface area contributed by atoms with Gasteiger partial charge in [0.05, 0.1) is 17.9 Å². The SMILES string of the molecule is CCC(Nc1cnn(CC(C)C)c(=O)c1Cl)c1nccs1. The highest BCUT2D eigenvalue weighted by atomic mass is 35.5. The third kappa shape index (κ3) is 3.83. The Hall–Kier alpha value is -1.40. The van der Waals surface area contributed by atoms with E-state index in [1.54, 1.807) is 23.7 Å². The van der Waals surface area contributed by atoms with Crippen LogP contribution in [0.3, 0.4) is 0 Å². The normalized spacial score (nSPS) is 12.6. The van der Waals surface area contributed by atoms with E-state index < -0.39 is 0 Å². The van der Waals surface area contributed by atoms with E-state index in [0.717, 1.165) is 11.4 Å². The lowest BCUT2D eigenvalue weighted by atomic mass is 10.2. The molecule has 2 rings (SSSR count). The van der Waals surface area contributed by atoms with Gasteiger partial charge in [0.25, 0.3) is 5.56 Å². The zero-order valence-corrected chi connectivity index (χ0v) is 13.9. The van der Waals surface area contributed by atoms with Crippen LogP contribution in [0.5, 0.6) is 0 Å². The Morgan fingerprint density at radius 3 is 2.81 bits per heavy atom. The molecule has 2 aromatic heterocycles. The van der Waals surface area contributed by atoms with Gasteiger partial charge in [-0.2, -0.15) is 5.10 Å². The van der Waals surface area contributed by atoms with Crippen LogP contribution in [0.2, 0.25) is 5.02 Å². The summed E-state index contributed by atoms with van der Waals surface area (Å²) < 4.78 is 1.41. The molecule has 0 radical (unpaired) electrons. The Balaban J connectivity index is 2.25. The summed E-state index contributed by atoms with van der Waals surface area (Å²) in [6.07, 6.45) is 4.23. The van der Waals surface area contributed by atoms with Gasteiger partial charge >= 0.3 is 0 Å². The minimum atomic E-state index is -0.260. The molecule has 7 heteroatoms. The molecular weight excluding hydrogens is 308 g/mol. The van der Waals surface area contributed by atoms with Gasteiger partial charge in [-0.1, -0.05) is 32.4 Å². The quantitative estimate of drug-likeness (QED) is 0.881. The minimum Gasteiger partial charge on any atom is -0.373 e.